The van der Waals surface area contributed by atoms with E-state index in [0.29, 0.717) is 22.9 Å². The van der Waals surface area contributed by atoms with Crippen LogP contribution in [-0.4, -0.2) is 30.8 Å². The molecular weight excluding hydrogens is 276 g/mol. The lowest BCUT2D eigenvalue weighted by Gasteiger charge is -2.04. The van der Waals surface area contributed by atoms with Crippen molar-refractivity contribution in [3.63, 3.8) is 0 Å². The third kappa shape index (κ3) is 2.14. The maximum absolute atomic E-state index is 12.1. The molecule has 0 aliphatic heterocycles. The smallest absolute Gasteiger partial charge is 0.328 e. The minimum absolute atomic E-state index is 0.254. The van der Waals surface area contributed by atoms with Gasteiger partial charge in [-0.3, -0.25) is 9.55 Å². The first-order valence-corrected chi connectivity index (χ1v) is 7.10. The maximum atomic E-state index is 12.1. The zero-order valence-corrected chi connectivity index (χ0v) is 11.5. The highest BCUT2D eigenvalue weighted by molar-refractivity contribution is 7.98. The van der Waals surface area contributed by atoms with Crippen LogP contribution in [0.15, 0.2) is 34.5 Å². The molecule has 0 saturated carbocycles. The van der Waals surface area contributed by atoms with Crippen molar-refractivity contribution in [2.45, 2.75) is 11.7 Å². The van der Waals surface area contributed by atoms with E-state index in [-0.39, 0.29) is 11.5 Å². The summed E-state index contributed by atoms with van der Waals surface area (Å²) >= 11 is 1.38. The van der Waals surface area contributed by atoms with Crippen molar-refractivity contribution in [1.82, 2.24) is 24.5 Å². The van der Waals surface area contributed by atoms with Crippen molar-refractivity contribution < 1.29 is 0 Å². The van der Waals surface area contributed by atoms with Gasteiger partial charge in [0.1, 0.15) is 5.52 Å². The van der Waals surface area contributed by atoms with Gasteiger partial charge in [-0.1, -0.05) is 11.8 Å². The van der Waals surface area contributed by atoms with E-state index >= 15 is 0 Å². The van der Waals surface area contributed by atoms with E-state index in [4.69, 9.17) is 5.73 Å². The quantitative estimate of drug-likeness (QED) is 0.547. The van der Waals surface area contributed by atoms with Gasteiger partial charge in [-0.25, -0.2) is 14.8 Å². The maximum Gasteiger partial charge on any atom is 0.328 e. The molecule has 0 amide bonds. The van der Waals surface area contributed by atoms with Crippen LogP contribution in [0, 0.1) is 0 Å². The SMILES string of the molecule is CSc1nc(N)c2[nH]c(=O)n(Cc3ccncc3)c2n1. The van der Waals surface area contributed by atoms with Gasteiger partial charge in [-0.2, -0.15) is 0 Å². The highest BCUT2D eigenvalue weighted by Gasteiger charge is 2.13. The Labute approximate surface area is 118 Å². The number of nitrogen functional groups attached to an aromatic ring is 1. The first kappa shape index (κ1) is 12.7. The Morgan fingerprint density at radius 2 is 2.10 bits per heavy atom. The minimum Gasteiger partial charge on any atom is -0.382 e. The van der Waals surface area contributed by atoms with Gasteiger partial charge in [0.15, 0.2) is 16.6 Å². The predicted molar refractivity (Wildman–Crippen MR) is 77.7 cm³/mol. The summed E-state index contributed by atoms with van der Waals surface area (Å²) < 4.78 is 1.54. The summed E-state index contributed by atoms with van der Waals surface area (Å²) in [6.45, 7) is 0.408. The summed E-state index contributed by atoms with van der Waals surface area (Å²) in [4.78, 5) is 27.2. The Morgan fingerprint density at radius 1 is 1.35 bits per heavy atom. The molecule has 3 heterocycles. The van der Waals surface area contributed by atoms with Gasteiger partial charge >= 0.3 is 5.69 Å². The molecule has 0 saturated heterocycles. The molecule has 0 unspecified atom stereocenters. The number of rotatable bonds is 3. The predicted octanol–water partition coefficient (Wildman–Crippen LogP) is 0.867. The first-order valence-electron chi connectivity index (χ1n) is 5.88. The second-order valence-corrected chi connectivity index (χ2v) is 4.94. The van der Waals surface area contributed by atoms with Crippen LogP contribution in [0.3, 0.4) is 0 Å². The summed E-state index contributed by atoms with van der Waals surface area (Å²) in [6.07, 6.45) is 5.23. The Balaban J connectivity index is 2.17. The average molecular weight is 288 g/mol. The van der Waals surface area contributed by atoms with Crippen LogP contribution >= 0.6 is 11.8 Å². The Bertz CT molecular complexity index is 810. The van der Waals surface area contributed by atoms with Crippen LogP contribution in [0.4, 0.5) is 5.82 Å². The number of H-pyrrole nitrogens is 1. The number of thioether (sulfide) groups is 1. The molecular formula is C12H12N6OS. The van der Waals surface area contributed by atoms with Gasteiger partial charge in [-0.15, -0.1) is 0 Å². The molecule has 0 aliphatic rings. The molecule has 102 valence electrons. The second-order valence-electron chi connectivity index (χ2n) is 4.17. The normalized spacial score (nSPS) is 11.1. The van der Waals surface area contributed by atoms with E-state index in [1.807, 2.05) is 18.4 Å². The summed E-state index contributed by atoms with van der Waals surface area (Å²) in [5.74, 6) is 0.282. The van der Waals surface area contributed by atoms with Gasteiger partial charge in [-0.05, 0) is 24.0 Å². The zero-order chi connectivity index (χ0) is 14.1. The van der Waals surface area contributed by atoms with Crippen molar-refractivity contribution >= 4 is 28.7 Å². The molecule has 0 aromatic carbocycles. The molecule has 3 aromatic heterocycles. The van der Waals surface area contributed by atoms with Crippen molar-refractivity contribution in [2.24, 2.45) is 0 Å². The number of nitrogens with one attached hydrogen (secondary N) is 1. The Kier molecular flexibility index (Phi) is 3.15. The standard InChI is InChI=1S/C12H12N6OS/c1-20-11-16-9(13)8-10(17-11)18(12(19)15-8)6-7-2-4-14-5-3-7/h2-5H,6H2,1H3,(H,15,19)(H2,13,16,17). The molecule has 0 aliphatic carbocycles. The van der Waals surface area contributed by atoms with Gasteiger partial charge in [0.25, 0.3) is 0 Å². The number of imidazole rings is 1. The average Bonchev–Trinajstić information content (AvgIpc) is 2.77. The number of hydrogen-bond donors (Lipinski definition) is 2. The van der Waals surface area contributed by atoms with E-state index < -0.39 is 0 Å². The lowest BCUT2D eigenvalue weighted by molar-refractivity contribution is 0.770. The minimum atomic E-state index is -0.254. The molecule has 3 aromatic rings. The largest absolute Gasteiger partial charge is 0.382 e. The fourth-order valence-electron chi connectivity index (χ4n) is 1.94. The Morgan fingerprint density at radius 3 is 2.80 bits per heavy atom. The fraction of sp³-hybridized carbons (Fsp3) is 0.167. The molecule has 7 nitrogen and oxygen atoms in total. The molecule has 3 rings (SSSR count). The van der Waals surface area contributed by atoms with E-state index in [0.717, 1.165) is 5.56 Å². The van der Waals surface area contributed by atoms with Gasteiger partial charge in [0, 0.05) is 12.4 Å². The highest BCUT2D eigenvalue weighted by atomic mass is 32.2. The van der Waals surface area contributed by atoms with E-state index in [9.17, 15) is 4.79 Å². The zero-order valence-electron chi connectivity index (χ0n) is 10.7. The van der Waals surface area contributed by atoms with Crippen LogP contribution in [0.5, 0.6) is 0 Å². The molecule has 0 spiro atoms. The summed E-state index contributed by atoms with van der Waals surface area (Å²) in [7, 11) is 0. The lowest BCUT2D eigenvalue weighted by atomic mass is 10.3. The second kappa shape index (κ2) is 4.97. The number of aromatic nitrogens is 5. The van der Waals surface area contributed by atoms with Crippen LogP contribution in [0.1, 0.15) is 5.56 Å². The number of nitrogens with two attached hydrogens (primary N) is 1. The molecule has 8 heteroatoms. The molecule has 0 radical (unpaired) electrons. The van der Waals surface area contributed by atoms with E-state index in [1.165, 1.54) is 11.8 Å². The summed E-state index contributed by atoms with van der Waals surface area (Å²) in [6, 6.07) is 3.70. The number of anilines is 1. The van der Waals surface area contributed by atoms with Gasteiger partial charge in [0.05, 0.1) is 6.54 Å². The highest BCUT2D eigenvalue weighted by Crippen LogP contribution is 2.19. The van der Waals surface area contributed by atoms with E-state index in [1.54, 1.807) is 17.0 Å². The third-order valence-corrected chi connectivity index (χ3v) is 3.45. The van der Waals surface area contributed by atoms with E-state index in [2.05, 4.69) is 19.9 Å². The number of aromatic amines is 1. The number of pyridine rings is 1. The monoisotopic (exact) mass is 288 g/mol. The molecule has 0 bridgehead atoms. The number of nitrogens with zero attached hydrogens (tertiary/aromatic N) is 4. The molecule has 20 heavy (non-hydrogen) atoms. The first-order chi connectivity index (χ1) is 9.69. The topological polar surface area (TPSA) is 102 Å². The Hall–Kier alpha value is -2.35. The molecule has 0 atom stereocenters. The molecule has 0 fully saturated rings. The van der Waals surface area contributed by atoms with Crippen molar-refractivity contribution in [3.05, 3.63) is 40.6 Å². The summed E-state index contributed by atoms with van der Waals surface area (Å²) in [5, 5.41) is 0.539. The van der Waals surface area contributed by atoms with Crippen LogP contribution < -0.4 is 11.4 Å². The number of fused-ring (bicyclic) bond motifs is 1. The van der Waals surface area contributed by atoms with Gasteiger partial charge < -0.3 is 10.7 Å². The lowest BCUT2D eigenvalue weighted by Crippen LogP contribution is -2.17. The molecule has 3 N–H and O–H groups in total. The third-order valence-electron chi connectivity index (χ3n) is 2.90. The fourth-order valence-corrected chi connectivity index (χ4v) is 2.31. The van der Waals surface area contributed by atoms with Crippen LogP contribution in [-0.2, 0) is 6.54 Å². The van der Waals surface area contributed by atoms with Crippen molar-refractivity contribution in [1.29, 1.82) is 0 Å². The van der Waals surface area contributed by atoms with Crippen molar-refractivity contribution in [3.8, 4) is 0 Å². The number of hydrogen-bond acceptors (Lipinski definition) is 6. The van der Waals surface area contributed by atoms with Crippen molar-refractivity contribution in [2.75, 3.05) is 12.0 Å². The van der Waals surface area contributed by atoms with Gasteiger partial charge in [0.2, 0.25) is 0 Å². The van der Waals surface area contributed by atoms with Crippen LogP contribution in [0.2, 0.25) is 0 Å². The summed E-state index contributed by atoms with van der Waals surface area (Å²) in [5.41, 5.74) is 7.55. The van der Waals surface area contributed by atoms with Crippen LogP contribution in [0.25, 0.3) is 11.2 Å².